The first kappa shape index (κ1) is 21.1. The lowest BCUT2D eigenvalue weighted by Gasteiger charge is -2.31. The maximum Gasteiger partial charge on any atom is 0.276 e. The molecule has 1 aliphatic carbocycles. The van der Waals surface area contributed by atoms with Crippen LogP contribution in [0.15, 0.2) is 30.5 Å². The molecule has 2 aromatic heterocycles. The van der Waals surface area contributed by atoms with Crippen molar-refractivity contribution in [2.24, 2.45) is 0 Å². The van der Waals surface area contributed by atoms with Gasteiger partial charge in [-0.1, -0.05) is 13.8 Å². The van der Waals surface area contributed by atoms with Crippen LogP contribution in [0.2, 0.25) is 0 Å². The van der Waals surface area contributed by atoms with Gasteiger partial charge < -0.3 is 20.7 Å². The predicted molar refractivity (Wildman–Crippen MR) is 122 cm³/mol. The summed E-state index contributed by atoms with van der Waals surface area (Å²) in [6.45, 7) is 6.38. The van der Waals surface area contributed by atoms with Crippen LogP contribution in [0.3, 0.4) is 0 Å². The molecule has 1 aromatic carbocycles. The SMILES string of the molecule is CC1(C)Cc2cnc(N)nc2-c2[nH]nc(C(=O)Nc3ccc(C(=O)N4CCOCC4)cc3)c21. The number of nitrogen functional groups attached to an aromatic ring is 1. The lowest BCUT2D eigenvalue weighted by atomic mass is 9.73. The third-order valence-electron chi connectivity index (χ3n) is 6.10. The summed E-state index contributed by atoms with van der Waals surface area (Å²) < 4.78 is 5.30. The van der Waals surface area contributed by atoms with Gasteiger partial charge in [-0.2, -0.15) is 5.10 Å². The molecule has 0 bridgehead atoms. The van der Waals surface area contributed by atoms with Gasteiger partial charge in [-0.25, -0.2) is 9.97 Å². The van der Waals surface area contributed by atoms with E-state index in [4.69, 9.17) is 10.5 Å². The smallest absolute Gasteiger partial charge is 0.276 e. The number of hydrogen-bond acceptors (Lipinski definition) is 7. The van der Waals surface area contributed by atoms with Gasteiger partial charge in [0.1, 0.15) is 0 Å². The first-order valence-electron chi connectivity index (χ1n) is 10.8. The Balaban J connectivity index is 1.38. The van der Waals surface area contributed by atoms with E-state index >= 15 is 0 Å². The van der Waals surface area contributed by atoms with Crippen molar-refractivity contribution in [3.63, 3.8) is 0 Å². The monoisotopic (exact) mass is 447 g/mol. The molecule has 1 saturated heterocycles. The van der Waals surface area contributed by atoms with Crippen LogP contribution in [-0.2, 0) is 16.6 Å². The van der Waals surface area contributed by atoms with Gasteiger partial charge in [-0.05, 0) is 41.7 Å². The quantitative estimate of drug-likeness (QED) is 0.558. The number of ether oxygens (including phenoxy) is 1. The van der Waals surface area contributed by atoms with Crippen molar-refractivity contribution < 1.29 is 14.3 Å². The molecule has 2 aliphatic rings. The van der Waals surface area contributed by atoms with E-state index in [-0.39, 0.29) is 23.2 Å². The van der Waals surface area contributed by atoms with E-state index in [1.54, 1.807) is 35.4 Å². The summed E-state index contributed by atoms with van der Waals surface area (Å²) in [5.41, 5.74) is 10.0. The van der Waals surface area contributed by atoms with Gasteiger partial charge in [0.25, 0.3) is 11.8 Å². The van der Waals surface area contributed by atoms with Crippen molar-refractivity contribution in [2.45, 2.75) is 25.7 Å². The Morgan fingerprint density at radius 2 is 1.91 bits per heavy atom. The lowest BCUT2D eigenvalue weighted by Crippen LogP contribution is -2.40. The van der Waals surface area contributed by atoms with Crippen molar-refractivity contribution in [3.8, 4) is 11.4 Å². The molecule has 5 rings (SSSR count). The largest absolute Gasteiger partial charge is 0.378 e. The zero-order valence-electron chi connectivity index (χ0n) is 18.5. The van der Waals surface area contributed by atoms with Crippen molar-refractivity contribution in [3.05, 3.63) is 52.8 Å². The van der Waals surface area contributed by atoms with Crippen LogP contribution < -0.4 is 11.1 Å². The zero-order valence-corrected chi connectivity index (χ0v) is 18.5. The number of H-pyrrole nitrogens is 1. The normalized spacial score (nSPS) is 16.6. The van der Waals surface area contributed by atoms with Crippen LogP contribution in [0, 0.1) is 0 Å². The number of aromatic amines is 1. The van der Waals surface area contributed by atoms with Crippen LogP contribution in [-0.4, -0.2) is 63.2 Å². The van der Waals surface area contributed by atoms with Crippen LogP contribution in [0.5, 0.6) is 0 Å². The van der Waals surface area contributed by atoms with Crippen molar-refractivity contribution in [1.29, 1.82) is 0 Å². The number of amides is 2. The van der Waals surface area contributed by atoms with Crippen LogP contribution in [0.4, 0.5) is 11.6 Å². The maximum absolute atomic E-state index is 13.1. The molecule has 0 spiro atoms. The molecule has 1 fully saturated rings. The summed E-state index contributed by atoms with van der Waals surface area (Å²) in [5, 5.41) is 10.2. The second kappa shape index (κ2) is 7.96. The Bertz CT molecular complexity index is 1230. The van der Waals surface area contributed by atoms with Crippen LogP contribution in [0.1, 0.15) is 45.8 Å². The molecule has 10 nitrogen and oxygen atoms in total. The fourth-order valence-corrected chi connectivity index (χ4v) is 4.50. The zero-order chi connectivity index (χ0) is 23.2. The van der Waals surface area contributed by atoms with E-state index in [1.807, 2.05) is 0 Å². The second-order valence-electron chi connectivity index (χ2n) is 8.92. The molecule has 170 valence electrons. The summed E-state index contributed by atoms with van der Waals surface area (Å²) in [6.07, 6.45) is 2.39. The van der Waals surface area contributed by atoms with Gasteiger partial charge in [0.15, 0.2) is 5.69 Å². The average molecular weight is 447 g/mol. The molecule has 33 heavy (non-hydrogen) atoms. The van der Waals surface area contributed by atoms with Crippen LogP contribution in [0.25, 0.3) is 11.4 Å². The molecule has 0 atom stereocenters. The van der Waals surface area contributed by atoms with E-state index in [2.05, 4.69) is 39.3 Å². The number of rotatable bonds is 3. The number of aromatic nitrogens is 4. The summed E-state index contributed by atoms with van der Waals surface area (Å²) in [6, 6.07) is 6.87. The van der Waals surface area contributed by atoms with Gasteiger partial charge in [-0.15, -0.1) is 0 Å². The number of carbonyl (C=O) groups excluding carboxylic acids is 2. The number of carbonyl (C=O) groups is 2. The second-order valence-corrected chi connectivity index (χ2v) is 8.92. The number of nitrogens with zero attached hydrogens (tertiary/aromatic N) is 4. The fraction of sp³-hybridized carbons (Fsp3) is 0.348. The third kappa shape index (κ3) is 3.82. The molecule has 3 aromatic rings. The minimum atomic E-state index is -0.351. The number of benzene rings is 1. The van der Waals surface area contributed by atoms with Gasteiger partial charge in [0.2, 0.25) is 5.95 Å². The lowest BCUT2D eigenvalue weighted by molar-refractivity contribution is 0.0303. The highest BCUT2D eigenvalue weighted by Gasteiger charge is 2.38. The van der Waals surface area contributed by atoms with Crippen molar-refractivity contribution >= 4 is 23.5 Å². The number of anilines is 2. The van der Waals surface area contributed by atoms with Crippen molar-refractivity contribution in [1.82, 2.24) is 25.1 Å². The first-order chi connectivity index (χ1) is 15.8. The molecule has 0 unspecified atom stereocenters. The Morgan fingerprint density at radius 1 is 1.18 bits per heavy atom. The minimum absolute atomic E-state index is 0.0424. The Labute approximate surface area is 190 Å². The Morgan fingerprint density at radius 3 is 2.64 bits per heavy atom. The number of hydrogen-bond donors (Lipinski definition) is 3. The molecule has 10 heteroatoms. The number of morpholine rings is 1. The number of fused-ring (bicyclic) bond motifs is 3. The number of nitrogens with one attached hydrogen (secondary N) is 2. The molecule has 3 heterocycles. The minimum Gasteiger partial charge on any atom is -0.378 e. The topological polar surface area (TPSA) is 139 Å². The van der Waals surface area contributed by atoms with Crippen molar-refractivity contribution in [2.75, 3.05) is 37.4 Å². The third-order valence-corrected chi connectivity index (χ3v) is 6.10. The average Bonchev–Trinajstić information content (AvgIpc) is 3.27. The van der Waals surface area contributed by atoms with Gasteiger partial charge >= 0.3 is 0 Å². The van der Waals surface area contributed by atoms with E-state index in [9.17, 15) is 9.59 Å². The predicted octanol–water partition coefficient (Wildman–Crippen LogP) is 2.01. The molecule has 1 aliphatic heterocycles. The first-order valence-corrected chi connectivity index (χ1v) is 10.8. The summed E-state index contributed by atoms with van der Waals surface area (Å²) in [4.78, 5) is 36.0. The molecule has 4 N–H and O–H groups in total. The van der Waals surface area contributed by atoms with Crippen LogP contribution >= 0.6 is 0 Å². The van der Waals surface area contributed by atoms with E-state index in [1.165, 1.54) is 0 Å². The maximum atomic E-state index is 13.1. The van der Waals surface area contributed by atoms with Gasteiger partial charge in [-0.3, -0.25) is 14.7 Å². The highest BCUT2D eigenvalue weighted by molar-refractivity contribution is 6.05. The highest BCUT2D eigenvalue weighted by Crippen LogP contribution is 2.42. The van der Waals surface area contributed by atoms with E-state index in [0.29, 0.717) is 61.1 Å². The van der Waals surface area contributed by atoms with E-state index < -0.39 is 0 Å². The molecule has 0 radical (unpaired) electrons. The Kier molecular flexibility index (Phi) is 5.09. The molecular formula is C23H25N7O3. The summed E-state index contributed by atoms with van der Waals surface area (Å²) >= 11 is 0. The fourth-order valence-electron chi connectivity index (χ4n) is 4.50. The highest BCUT2D eigenvalue weighted by atomic mass is 16.5. The Hall–Kier alpha value is -3.79. The summed E-state index contributed by atoms with van der Waals surface area (Å²) in [7, 11) is 0. The number of nitrogens with two attached hydrogens (primary N) is 1. The molecule has 0 saturated carbocycles. The van der Waals surface area contributed by atoms with E-state index in [0.717, 1.165) is 11.1 Å². The standard InChI is InChI=1S/C23H25N7O3/c1-23(2)11-14-12-25-22(24)27-17(14)18-16(23)19(29-28-18)20(31)26-15-5-3-13(4-6-15)21(32)30-7-9-33-10-8-30/h3-6,12H,7-11H2,1-2H3,(H,26,31)(H,28,29)(H2,24,25,27). The molecule has 2 amide bonds. The molecular weight excluding hydrogens is 422 g/mol. The van der Waals surface area contributed by atoms with Gasteiger partial charge in [0, 0.05) is 36.1 Å². The van der Waals surface area contributed by atoms with Gasteiger partial charge in [0.05, 0.1) is 24.6 Å². The summed E-state index contributed by atoms with van der Waals surface area (Å²) in [5.74, 6) is -0.204.